The summed E-state index contributed by atoms with van der Waals surface area (Å²) in [6.07, 6.45) is 6.33. The first-order valence-electron chi connectivity index (χ1n) is 7.55. The van der Waals surface area contributed by atoms with Gasteiger partial charge in [-0.2, -0.15) is 0 Å². The molecule has 114 valence electrons. The molecule has 0 unspecified atom stereocenters. The number of pyridine rings is 1. The van der Waals surface area contributed by atoms with Crippen molar-refractivity contribution in [2.45, 2.75) is 26.7 Å². The number of nitrogens with zero attached hydrogens (tertiary/aromatic N) is 2. The van der Waals surface area contributed by atoms with Crippen LogP contribution in [0.2, 0.25) is 0 Å². The van der Waals surface area contributed by atoms with E-state index in [1.165, 1.54) is 5.56 Å². The minimum atomic E-state index is 0.775. The van der Waals surface area contributed by atoms with Gasteiger partial charge in [0.05, 0.1) is 12.3 Å². The summed E-state index contributed by atoms with van der Waals surface area (Å²) in [5.41, 5.74) is 4.21. The predicted molar refractivity (Wildman–Crippen MR) is 93.5 cm³/mol. The Morgan fingerprint density at radius 1 is 1.18 bits per heavy atom. The maximum atomic E-state index is 5.70. The zero-order valence-electron chi connectivity index (χ0n) is 12.8. The van der Waals surface area contributed by atoms with Gasteiger partial charge in [0, 0.05) is 22.4 Å². The topological polar surface area (TPSA) is 26.5 Å². The number of rotatable bonds is 5. The van der Waals surface area contributed by atoms with Crippen molar-refractivity contribution in [1.29, 1.82) is 0 Å². The van der Waals surface area contributed by atoms with Crippen LogP contribution in [0, 0.1) is 6.92 Å². The van der Waals surface area contributed by atoms with E-state index in [1.807, 2.05) is 28.9 Å². The van der Waals surface area contributed by atoms with Gasteiger partial charge in [-0.05, 0) is 65.2 Å². The standard InChI is InChI=1S/C18H19BrN2O/c1-3-4-9-22-15-7-5-14(6-8-15)17-12-21-11-16(19)13(2)10-18(21)20-17/h5-8,10-12H,3-4,9H2,1-2H3. The molecular formula is C18H19BrN2O. The lowest BCUT2D eigenvalue weighted by Gasteiger charge is -2.05. The molecule has 4 heteroatoms. The second kappa shape index (κ2) is 6.53. The first kappa shape index (κ1) is 15.1. The molecule has 0 aliphatic carbocycles. The molecular weight excluding hydrogens is 340 g/mol. The molecule has 0 aliphatic heterocycles. The Hall–Kier alpha value is -1.81. The zero-order chi connectivity index (χ0) is 15.5. The summed E-state index contributed by atoms with van der Waals surface area (Å²) >= 11 is 3.56. The van der Waals surface area contributed by atoms with Crippen molar-refractivity contribution in [3.05, 3.63) is 52.8 Å². The number of hydrogen-bond acceptors (Lipinski definition) is 2. The summed E-state index contributed by atoms with van der Waals surface area (Å²) in [7, 11) is 0. The summed E-state index contributed by atoms with van der Waals surface area (Å²) in [5.74, 6) is 0.916. The molecule has 0 amide bonds. The van der Waals surface area contributed by atoms with Crippen LogP contribution in [0.3, 0.4) is 0 Å². The number of aromatic nitrogens is 2. The van der Waals surface area contributed by atoms with Crippen molar-refractivity contribution < 1.29 is 4.74 Å². The second-order valence-electron chi connectivity index (χ2n) is 5.42. The van der Waals surface area contributed by atoms with Crippen LogP contribution in [0.15, 0.2) is 47.2 Å². The van der Waals surface area contributed by atoms with Gasteiger partial charge in [-0.25, -0.2) is 4.98 Å². The van der Waals surface area contributed by atoms with E-state index in [0.29, 0.717) is 0 Å². The van der Waals surface area contributed by atoms with E-state index in [0.717, 1.165) is 46.6 Å². The molecule has 3 rings (SSSR count). The van der Waals surface area contributed by atoms with Crippen molar-refractivity contribution in [3.8, 4) is 17.0 Å². The summed E-state index contributed by atoms with van der Waals surface area (Å²) in [5, 5.41) is 0. The van der Waals surface area contributed by atoms with Crippen LogP contribution in [0.1, 0.15) is 25.3 Å². The monoisotopic (exact) mass is 358 g/mol. The quantitative estimate of drug-likeness (QED) is 0.582. The van der Waals surface area contributed by atoms with Crippen molar-refractivity contribution in [1.82, 2.24) is 9.38 Å². The SMILES string of the molecule is CCCCOc1ccc(-c2cn3cc(Br)c(C)cc3n2)cc1. The fourth-order valence-electron chi connectivity index (χ4n) is 2.30. The number of ether oxygens (including phenoxy) is 1. The molecule has 3 aromatic rings. The number of aryl methyl sites for hydroxylation is 1. The van der Waals surface area contributed by atoms with Crippen LogP contribution < -0.4 is 4.74 Å². The Bertz CT molecular complexity index is 739. The molecule has 0 atom stereocenters. The second-order valence-corrected chi connectivity index (χ2v) is 6.28. The molecule has 0 spiro atoms. The molecule has 0 N–H and O–H groups in total. The summed E-state index contributed by atoms with van der Waals surface area (Å²) in [6.45, 7) is 5.01. The van der Waals surface area contributed by atoms with Gasteiger partial charge in [0.15, 0.2) is 0 Å². The van der Waals surface area contributed by atoms with E-state index in [2.05, 4.69) is 48.0 Å². The molecule has 22 heavy (non-hydrogen) atoms. The van der Waals surface area contributed by atoms with Crippen LogP contribution >= 0.6 is 15.9 Å². The highest BCUT2D eigenvalue weighted by Gasteiger charge is 2.06. The third-order valence-corrected chi connectivity index (χ3v) is 4.48. The van der Waals surface area contributed by atoms with Crippen LogP contribution in [0.4, 0.5) is 0 Å². The number of fused-ring (bicyclic) bond motifs is 1. The smallest absolute Gasteiger partial charge is 0.137 e. The minimum Gasteiger partial charge on any atom is -0.494 e. The van der Waals surface area contributed by atoms with Gasteiger partial charge in [-0.15, -0.1) is 0 Å². The molecule has 0 radical (unpaired) electrons. The van der Waals surface area contributed by atoms with E-state index in [4.69, 9.17) is 9.72 Å². The maximum absolute atomic E-state index is 5.70. The number of halogens is 1. The third kappa shape index (κ3) is 3.17. The highest BCUT2D eigenvalue weighted by Crippen LogP contribution is 2.24. The third-order valence-electron chi connectivity index (χ3n) is 3.65. The number of unbranched alkanes of at least 4 members (excludes halogenated alkanes) is 1. The van der Waals surface area contributed by atoms with Gasteiger partial charge in [-0.3, -0.25) is 0 Å². The van der Waals surface area contributed by atoms with Gasteiger partial charge >= 0.3 is 0 Å². The average molecular weight is 359 g/mol. The Morgan fingerprint density at radius 2 is 1.95 bits per heavy atom. The van der Waals surface area contributed by atoms with Crippen molar-refractivity contribution in [2.24, 2.45) is 0 Å². The molecule has 0 bridgehead atoms. The summed E-state index contributed by atoms with van der Waals surface area (Å²) in [4.78, 5) is 4.69. The Morgan fingerprint density at radius 3 is 2.68 bits per heavy atom. The first-order chi connectivity index (χ1) is 10.7. The Labute approximate surface area is 139 Å². The minimum absolute atomic E-state index is 0.775. The fourth-order valence-corrected chi connectivity index (χ4v) is 2.64. The normalized spacial score (nSPS) is 11.0. The lowest BCUT2D eigenvalue weighted by molar-refractivity contribution is 0.309. The van der Waals surface area contributed by atoms with Crippen LogP contribution in [-0.2, 0) is 0 Å². The average Bonchev–Trinajstić information content (AvgIpc) is 2.91. The highest BCUT2D eigenvalue weighted by atomic mass is 79.9. The van der Waals surface area contributed by atoms with E-state index < -0.39 is 0 Å². The number of imidazole rings is 1. The molecule has 0 saturated carbocycles. The van der Waals surface area contributed by atoms with E-state index >= 15 is 0 Å². The van der Waals surface area contributed by atoms with Crippen molar-refractivity contribution >= 4 is 21.6 Å². The molecule has 0 saturated heterocycles. The fraction of sp³-hybridized carbons (Fsp3) is 0.278. The predicted octanol–water partition coefficient (Wildman–Crippen LogP) is 5.25. The first-order valence-corrected chi connectivity index (χ1v) is 8.35. The Kier molecular flexibility index (Phi) is 4.48. The Balaban J connectivity index is 1.84. The van der Waals surface area contributed by atoms with Crippen molar-refractivity contribution in [2.75, 3.05) is 6.61 Å². The van der Waals surface area contributed by atoms with Crippen molar-refractivity contribution in [3.63, 3.8) is 0 Å². The van der Waals surface area contributed by atoms with Gasteiger partial charge in [0.25, 0.3) is 0 Å². The molecule has 2 heterocycles. The molecule has 0 aliphatic rings. The van der Waals surface area contributed by atoms with E-state index in [9.17, 15) is 0 Å². The van der Waals surface area contributed by atoms with Gasteiger partial charge < -0.3 is 9.14 Å². The molecule has 1 aromatic carbocycles. The highest BCUT2D eigenvalue weighted by molar-refractivity contribution is 9.10. The van der Waals surface area contributed by atoms with E-state index in [1.54, 1.807) is 0 Å². The van der Waals surface area contributed by atoms with Gasteiger partial charge in [0.1, 0.15) is 11.4 Å². The molecule has 0 fully saturated rings. The van der Waals surface area contributed by atoms with Crippen LogP contribution in [0.25, 0.3) is 16.9 Å². The van der Waals surface area contributed by atoms with Crippen LogP contribution in [-0.4, -0.2) is 16.0 Å². The molecule has 2 aromatic heterocycles. The maximum Gasteiger partial charge on any atom is 0.137 e. The lowest BCUT2D eigenvalue weighted by Crippen LogP contribution is -1.95. The largest absolute Gasteiger partial charge is 0.494 e. The lowest BCUT2D eigenvalue weighted by atomic mass is 10.2. The van der Waals surface area contributed by atoms with Gasteiger partial charge in [-0.1, -0.05) is 13.3 Å². The number of hydrogen-bond donors (Lipinski definition) is 0. The summed E-state index contributed by atoms with van der Waals surface area (Å²) in [6, 6.07) is 10.2. The molecule has 3 nitrogen and oxygen atoms in total. The summed E-state index contributed by atoms with van der Waals surface area (Å²) < 4.78 is 8.82. The number of benzene rings is 1. The zero-order valence-corrected chi connectivity index (χ0v) is 14.4. The van der Waals surface area contributed by atoms with Crippen LogP contribution in [0.5, 0.6) is 5.75 Å². The van der Waals surface area contributed by atoms with Gasteiger partial charge in [0.2, 0.25) is 0 Å². The van der Waals surface area contributed by atoms with E-state index in [-0.39, 0.29) is 0 Å².